The van der Waals surface area contributed by atoms with Gasteiger partial charge in [-0.2, -0.15) is 0 Å². The van der Waals surface area contributed by atoms with E-state index >= 15 is 0 Å². The zero-order valence-corrected chi connectivity index (χ0v) is 26.6. The molecule has 224 valence electrons. The molecule has 1 saturated carbocycles. The Kier molecular flexibility index (Phi) is 7.34. The summed E-state index contributed by atoms with van der Waals surface area (Å²) < 4.78 is 7.69. The van der Waals surface area contributed by atoms with Crippen molar-refractivity contribution >= 4 is 84.6 Å². The van der Waals surface area contributed by atoms with Crippen molar-refractivity contribution < 1.29 is 19.4 Å². The molecule has 1 saturated heterocycles. The van der Waals surface area contributed by atoms with Gasteiger partial charge in [0, 0.05) is 29.9 Å². The van der Waals surface area contributed by atoms with E-state index in [4.69, 9.17) is 17.0 Å². The predicted octanol–water partition coefficient (Wildman–Crippen LogP) is 4.76. The van der Waals surface area contributed by atoms with Crippen molar-refractivity contribution in [1.29, 1.82) is 0 Å². The minimum absolute atomic E-state index is 0.298. The standard InChI is InChI=1S/C33H29N3O5S3/c1-3-34-31(40)29(44-33(34)42)32-35(17-28(37)38)30(39)27(43-32)14-18-7-12-26-24(13-18)23-5-4-6-25(23)36(26)21-10-8-20-16-22(41-2)11-9-19(20)15-21/h7-16,23,25H,3-6,17H2,1-2H3,(H,37,38)/b27-14+,32-29+. The smallest absolute Gasteiger partial charge is 0.323 e. The number of hydrogen-bond donors (Lipinski definition) is 1. The molecular formula is C33H29N3O5S3. The maximum atomic E-state index is 13.5. The van der Waals surface area contributed by atoms with Crippen molar-refractivity contribution in [2.75, 3.05) is 18.6 Å². The fraction of sp³-hybridized carbons (Fsp3) is 0.273. The van der Waals surface area contributed by atoms with Crippen molar-refractivity contribution in [2.45, 2.75) is 44.7 Å². The van der Waals surface area contributed by atoms with E-state index in [1.807, 2.05) is 31.2 Å². The quantitative estimate of drug-likeness (QED) is 0.301. The number of nitrogens with zero attached hydrogens (tertiary/aromatic N) is 3. The summed E-state index contributed by atoms with van der Waals surface area (Å²) in [5.74, 6) is -0.229. The Balaban J connectivity index is 1.32. The molecule has 4 aromatic rings. The van der Waals surface area contributed by atoms with E-state index in [0.717, 1.165) is 70.1 Å². The van der Waals surface area contributed by atoms with E-state index in [2.05, 4.69) is 41.3 Å². The number of thiazole rings is 1. The highest BCUT2D eigenvalue weighted by atomic mass is 32.2. The second-order valence-electron chi connectivity index (χ2n) is 11.1. The molecule has 2 aliphatic heterocycles. The summed E-state index contributed by atoms with van der Waals surface area (Å²) in [5, 5.41) is 11.8. The monoisotopic (exact) mass is 643 g/mol. The molecule has 2 fully saturated rings. The average molecular weight is 644 g/mol. The lowest BCUT2D eigenvalue weighted by Gasteiger charge is -2.27. The first-order valence-corrected chi connectivity index (χ1v) is 16.5. The van der Waals surface area contributed by atoms with E-state index in [0.29, 0.717) is 36.9 Å². The third-order valence-corrected chi connectivity index (χ3v) is 11.4. The van der Waals surface area contributed by atoms with Crippen molar-refractivity contribution in [3.05, 3.63) is 85.3 Å². The number of rotatable bonds is 6. The largest absolute Gasteiger partial charge is 0.497 e. The minimum Gasteiger partial charge on any atom is -0.497 e. The van der Waals surface area contributed by atoms with Gasteiger partial charge in [-0.25, -0.2) is 0 Å². The molecule has 11 heteroatoms. The normalized spacial score (nSPS) is 21.0. The summed E-state index contributed by atoms with van der Waals surface area (Å²) in [4.78, 5) is 42.5. The molecular weight excluding hydrogens is 615 g/mol. The van der Waals surface area contributed by atoms with Gasteiger partial charge in [0.2, 0.25) is 0 Å². The van der Waals surface area contributed by atoms with Crippen LogP contribution in [0.15, 0.2) is 59.4 Å². The van der Waals surface area contributed by atoms with Crippen LogP contribution in [0.2, 0.25) is 0 Å². The summed E-state index contributed by atoms with van der Waals surface area (Å²) in [6, 6.07) is 19.4. The highest BCUT2D eigenvalue weighted by Crippen LogP contribution is 2.52. The fourth-order valence-electron chi connectivity index (χ4n) is 6.71. The number of aliphatic carboxylic acids is 1. The molecule has 2 unspecified atom stereocenters. The minimum atomic E-state index is -1.15. The molecule has 0 bridgehead atoms. The van der Waals surface area contributed by atoms with Crippen LogP contribution in [-0.2, 0) is 16.1 Å². The lowest BCUT2D eigenvalue weighted by Crippen LogP contribution is -2.35. The van der Waals surface area contributed by atoms with Gasteiger partial charge in [-0.3, -0.25) is 23.9 Å². The highest BCUT2D eigenvalue weighted by molar-refractivity contribution is 8.30. The Hall–Kier alpha value is -3.93. The van der Waals surface area contributed by atoms with Gasteiger partial charge in [0.15, 0.2) is 0 Å². The average Bonchev–Trinajstić information content (AvgIpc) is 3.75. The SMILES string of the molecule is CCN1C(=O)/C(=c2\s/c(=C/c3ccc4c(c3)C3CCCC3N4c3ccc4cc(OC)ccc4c3)c(=O)n2CC(=O)O)SC1=S. The van der Waals surface area contributed by atoms with E-state index < -0.39 is 18.1 Å². The zero-order valence-electron chi connectivity index (χ0n) is 24.1. The van der Waals surface area contributed by atoms with Crippen LogP contribution < -0.4 is 24.4 Å². The summed E-state index contributed by atoms with van der Waals surface area (Å²) in [6.45, 7) is 1.70. The van der Waals surface area contributed by atoms with Crippen LogP contribution in [0.4, 0.5) is 11.4 Å². The zero-order chi connectivity index (χ0) is 30.7. The third kappa shape index (κ3) is 4.74. The number of anilines is 2. The number of benzene rings is 3. The summed E-state index contributed by atoms with van der Waals surface area (Å²) in [7, 11) is 1.68. The van der Waals surface area contributed by atoms with Crippen molar-refractivity contribution in [2.24, 2.45) is 0 Å². The number of amides is 1. The predicted molar refractivity (Wildman–Crippen MR) is 179 cm³/mol. The molecule has 44 heavy (non-hydrogen) atoms. The molecule has 3 aromatic carbocycles. The molecule has 3 aliphatic rings. The number of ether oxygens (including phenoxy) is 1. The fourth-order valence-corrected chi connectivity index (χ4v) is 9.35. The molecule has 7 rings (SSSR count). The number of fused-ring (bicyclic) bond motifs is 4. The Morgan fingerprint density at radius 3 is 2.64 bits per heavy atom. The number of carbonyl (C=O) groups is 2. The van der Waals surface area contributed by atoms with Gasteiger partial charge in [0.25, 0.3) is 11.5 Å². The lowest BCUT2D eigenvalue weighted by molar-refractivity contribution is -0.137. The number of carboxylic acids is 1. The molecule has 8 nitrogen and oxygen atoms in total. The van der Waals surface area contributed by atoms with Crippen LogP contribution >= 0.6 is 35.3 Å². The van der Waals surface area contributed by atoms with E-state index in [1.54, 1.807) is 7.11 Å². The van der Waals surface area contributed by atoms with E-state index in [-0.39, 0.29) is 5.91 Å². The Morgan fingerprint density at radius 1 is 1.09 bits per heavy atom. The molecule has 1 aromatic heterocycles. The van der Waals surface area contributed by atoms with Crippen LogP contribution in [0.1, 0.15) is 43.2 Å². The summed E-state index contributed by atoms with van der Waals surface area (Å²) in [6.07, 6.45) is 5.17. The number of carboxylic acid groups (broad SMARTS) is 1. The lowest BCUT2D eigenvalue weighted by atomic mass is 9.96. The first kappa shape index (κ1) is 28.8. The van der Waals surface area contributed by atoms with Gasteiger partial charge in [-0.1, -0.05) is 48.6 Å². The third-order valence-electron chi connectivity index (χ3n) is 8.69. The Morgan fingerprint density at radius 2 is 1.89 bits per heavy atom. The summed E-state index contributed by atoms with van der Waals surface area (Å²) >= 11 is 7.61. The maximum absolute atomic E-state index is 13.5. The maximum Gasteiger partial charge on any atom is 0.323 e. The second kappa shape index (κ2) is 11.2. The summed E-state index contributed by atoms with van der Waals surface area (Å²) in [5.41, 5.74) is 4.04. The number of thiocarbonyl (C=S) groups is 1. The van der Waals surface area contributed by atoms with Crippen LogP contribution in [0.5, 0.6) is 5.75 Å². The number of hydrogen-bond acceptors (Lipinski definition) is 8. The molecule has 1 amide bonds. The topological polar surface area (TPSA) is 92.1 Å². The van der Waals surface area contributed by atoms with E-state index in [1.165, 1.54) is 20.7 Å². The van der Waals surface area contributed by atoms with Gasteiger partial charge < -0.3 is 14.7 Å². The van der Waals surface area contributed by atoms with Gasteiger partial charge >= 0.3 is 5.97 Å². The molecule has 1 N–H and O–H groups in total. The molecule has 3 heterocycles. The molecule has 0 radical (unpaired) electrons. The van der Waals surface area contributed by atoms with Crippen molar-refractivity contribution in [3.8, 4) is 5.75 Å². The van der Waals surface area contributed by atoms with E-state index in [9.17, 15) is 19.5 Å². The van der Waals surface area contributed by atoms with Gasteiger partial charge in [0.05, 0.1) is 11.6 Å². The van der Waals surface area contributed by atoms with Crippen molar-refractivity contribution in [1.82, 2.24) is 9.47 Å². The number of aromatic nitrogens is 1. The van der Waals surface area contributed by atoms with Crippen LogP contribution in [0.25, 0.3) is 21.8 Å². The second-order valence-corrected chi connectivity index (χ2v) is 13.8. The van der Waals surface area contributed by atoms with Gasteiger partial charge in [0.1, 0.15) is 26.2 Å². The van der Waals surface area contributed by atoms with Crippen LogP contribution in [0, 0.1) is 0 Å². The van der Waals surface area contributed by atoms with Gasteiger partial charge in [-0.05, 0) is 84.1 Å². The van der Waals surface area contributed by atoms with Gasteiger partial charge in [-0.15, -0.1) is 11.3 Å². The number of carbonyl (C=O) groups excluding carboxylic acids is 1. The van der Waals surface area contributed by atoms with Crippen molar-refractivity contribution in [3.63, 3.8) is 0 Å². The van der Waals surface area contributed by atoms with Crippen LogP contribution in [-0.4, -0.2) is 50.5 Å². The first-order valence-electron chi connectivity index (χ1n) is 14.5. The highest BCUT2D eigenvalue weighted by Gasteiger charge is 2.42. The number of methoxy groups -OCH3 is 1. The number of thioether (sulfide) groups is 1. The molecule has 1 aliphatic carbocycles. The van der Waals surface area contributed by atoms with Crippen LogP contribution in [0.3, 0.4) is 0 Å². The Bertz CT molecular complexity index is 2070. The first-order chi connectivity index (χ1) is 21.3. The Labute approximate surface area is 266 Å². The molecule has 2 atom stereocenters. The molecule has 0 spiro atoms.